The van der Waals surface area contributed by atoms with Crippen molar-refractivity contribution in [1.29, 1.82) is 0 Å². The molecule has 0 radical (unpaired) electrons. The van der Waals surface area contributed by atoms with Crippen LogP contribution < -0.4 is 4.74 Å². The number of nitrogens with one attached hydrogen (secondary N) is 1. The van der Waals surface area contributed by atoms with Crippen LogP contribution in [0.4, 0.5) is 0 Å². The fraction of sp³-hybridized carbons (Fsp3) is 0.273. The van der Waals surface area contributed by atoms with Crippen molar-refractivity contribution in [3.63, 3.8) is 0 Å². The van der Waals surface area contributed by atoms with Gasteiger partial charge in [-0.05, 0) is 18.2 Å². The third-order valence-corrected chi connectivity index (χ3v) is 2.43. The summed E-state index contributed by atoms with van der Waals surface area (Å²) in [5.41, 5.74) is 1.65. The van der Waals surface area contributed by atoms with E-state index in [-0.39, 0.29) is 6.42 Å². The van der Waals surface area contributed by atoms with Gasteiger partial charge in [-0.25, -0.2) is 0 Å². The lowest BCUT2D eigenvalue weighted by Crippen LogP contribution is -1.97. The van der Waals surface area contributed by atoms with Gasteiger partial charge in [0.15, 0.2) is 0 Å². The van der Waals surface area contributed by atoms with Crippen LogP contribution in [0.2, 0.25) is 0 Å². The molecule has 0 atom stereocenters. The molecule has 0 spiro atoms. The molecule has 2 rings (SSSR count). The zero-order valence-electron chi connectivity index (χ0n) is 8.86. The predicted molar refractivity (Wildman–Crippen MR) is 58.6 cm³/mol. The smallest absolute Gasteiger partial charge is 0.303 e. The first-order valence-corrected chi connectivity index (χ1v) is 4.93. The van der Waals surface area contributed by atoms with Gasteiger partial charge in [-0.2, -0.15) is 5.10 Å². The molecule has 5 heteroatoms. The van der Waals surface area contributed by atoms with Crippen molar-refractivity contribution in [3.8, 4) is 5.75 Å². The van der Waals surface area contributed by atoms with Gasteiger partial charge in [-0.1, -0.05) is 0 Å². The summed E-state index contributed by atoms with van der Waals surface area (Å²) in [6.07, 6.45) is 0.535. The predicted octanol–water partition coefficient (Wildman–Crippen LogP) is 1.59. The molecule has 2 N–H and O–H groups in total. The maximum absolute atomic E-state index is 10.5. The van der Waals surface area contributed by atoms with Crippen molar-refractivity contribution in [2.45, 2.75) is 12.8 Å². The van der Waals surface area contributed by atoms with Crippen LogP contribution in [0.3, 0.4) is 0 Å². The molecule has 0 saturated heterocycles. The van der Waals surface area contributed by atoms with Crippen molar-refractivity contribution < 1.29 is 14.6 Å². The maximum Gasteiger partial charge on any atom is 0.303 e. The van der Waals surface area contributed by atoms with Gasteiger partial charge < -0.3 is 9.84 Å². The molecule has 16 heavy (non-hydrogen) atoms. The van der Waals surface area contributed by atoms with Crippen LogP contribution in [-0.4, -0.2) is 28.4 Å². The lowest BCUT2D eigenvalue weighted by molar-refractivity contribution is -0.136. The minimum Gasteiger partial charge on any atom is -0.497 e. The molecule has 0 saturated carbocycles. The van der Waals surface area contributed by atoms with E-state index in [9.17, 15) is 4.79 Å². The van der Waals surface area contributed by atoms with Crippen molar-refractivity contribution in [3.05, 3.63) is 23.9 Å². The van der Waals surface area contributed by atoms with Crippen LogP contribution in [0, 0.1) is 0 Å². The number of fused-ring (bicyclic) bond motifs is 1. The van der Waals surface area contributed by atoms with Crippen molar-refractivity contribution in [2.24, 2.45) is 0 Å². The first-order valence-electron chi connectivity index (χ1n) is 4.93. The number of carbonyl (C=O) groups is 1. The number of aliphatic carboxylic acids is 1. The molecule has 1 heterocycles. The summed E-state index contributed by atoms with van der Waals surface area (Å²) >= 11 is 0. The summed E-state index contributed by atoms with van der Waals surface area (Å²) < 4.78 is 5.11. The quantitative estimate of drug-likeness (QED) is 0.820. The van der Waals surface area contributed by atoms with E-state index in [0.717, 1.165) is 22.3 Å². The zero-order valence-corrected chi connectivity index (χ0v) is 8.86. The van der Waals surface area contributed by atoms with Crippen LogP contribution in [0.15, 0.2) is 18.2 Å². The number of aromatic amines is 1. The molecule has 0 aliphatic heterocycles. The molecular weight excluding hydrogens is 208 g/mol. The van der Waals surface area contributed by atoms with Gasteiger partial charge in [0.05, 0.1) is 19.0 Å². The first kappa shape index (κ1) is 10.5. The van der Waals surface area contributed by atoms with E-state index in [0.29, 0.717) is 6.42 Å². The average molecular weight is 220 g/mol. The molecule has 1 aromatic heterocycles. The number of aromatic nitrogens is 2. The Labute approximate surface area is 92.0 Å². The Morgan fingerprint density at radius 3 is 3.06 bits per heavy atom. The van der Waals surface area contributed by atoms with E-state index in [1.807, 2.05) is 18.2 Å². The van der Waals surface area contributed by atoms with Gasteiger partial charge in [-0.3, -0.25) is 9.89 Å². The minimum atomic E-state index is -0.814. The zero-order chi connectivity index (χ0) is 11.5. The highest BCUT2D eigenvalue weighted by molar-refractivity contribution is 5.83. The Hall–Kier alpha value is -2.04. The van der Waals surface area contributed by atoms with Gasteiger partial charge >= 0.3 is 5.97 Å². The second-order valence-corrected chi connectivity index (χ2v) is 3.48. The van der Waals surface area contributed by atoms with Crippen LogP contribution in [0.25, 0.3) is 10.9 Å². The number of carboxylic acid groups (broad SMARTS) is 1. The maximum atomic E-state index is 10.5. The summed E-state index contributed by atoms with van der Waals surface area (Å²) in [4.78, 5) is 10.5. The molecular formula is C11H12N2O3. The summed E-state index contributed by atoms with van der Waals surface area (Å²) in [5, 5.41) is 16.5. The number of aryl methyl sites for hydroxylation is 1. The average Bonchev–Trinajstić information content (AvgIpc) is 2.68. The molecule has 5 nitrogen and oxygen atoms in total. The highest BCUT2D eigenvalue weighted by Gasteiger charge is 2.08. The summed E-state index contributed by atoms with van der Waals surface area (Å²) in [6, 6.07) is 5.52. The number of hydrogen-bond acceptors (Lipinski definition) is 3. The Bertz CT molecular complexity index is 519. The third kappa shape index (κ3) is 1.98. The standard InChI is InChI=1S/C11H12N2O3/c1-16-7-2-3-9-8(6-7)10(13-12-9)4-5-11(14)15/h2-3,6H,4-5H2,1H3,(H,12,13)(H,14,15). The Balaban J connectivity index is 2.34. The van der Waals surface area contributed by atoms with E-state index in [2.05, 4.69) is 10.2 Å². The summed E-state index contributed by atoms with van der Waals surface area (Å²) in [5.74, 6) is -0.0730. The number of methoxy groups -OCH3 is 1. The number of ether oxygens (including phenoxy) is 1. The minimum absolute atomic E-state index is 0.0918. The molecule has 84 valence electrons. The summed E-state index contributed by atoms with van der Waals surface area (Å²) in [7, 11) is 1.60. The number of benzene rings is 1. The monoisotopic (exact) mass is 220 g/mol. The van der Waals surface area contributed by atoms with E-state index in [1.165, 1.54) is 0 Å². The Morgan fingerprint density at radius 1 is 1.56 bits per heavy atom. The van der Waals surface area contributed by atoms with E-state index >= 15 is 0 Å². The number of hydrogen-bond donors (Lipinski definition) is 2. The molecule has 0 amide bonds. The number of H-pyrrole nitrogens is 1. The van der Waals surface area contributed by atoms with Crippen molar-refractivity contribution in [1.82, 2.24) is 10.2 Å². The fourth-order valence-electron chi connectivity index (χ4n) is 1.59. The van der Waals surface area contributed by atoms with E-state index < -0.39 is 5.97 Å². The molecule has 0 bridgehead atoms. The largest absolute Gasteiger partial charge is 0.497 e. The fourth-order valence-corrected chi connectivity index (χ4v) is 1.59. The SMILES string of the molecule is COc1ccc2n[nH]c(CCC(=O)O)c2c1. The van der Waals surface area contributed by atoms with Gasteiger partial charge in [-0.15, -0.1) is 0 Å². The van der Waals surface area contributed by atoms with Gasteiger partial charge in [0, 0.05) is 17.5 Å². The first-order chi connectivity index (χ1) is 7.70. The van der Waals surface area contributed by atoms with Crippen molar-refractivity contribution in [2.75, 3.05) is 7.11 Å². The second kappa shape index (κ2) is 4.22. The van der Waals surface area contributed by atoms with Gasteiger partial charge in [0.1, 0.15) is 5.75 Å². The highest BCUT2D eigenvalue weighted by atomic mass is 16.5. The number of rotatable bonds is 4. The highest BCUT2D eigenvalue weighted by Crippen LogP contribution is 2.22. The lowest BCUT2D eigenvalue weighted by Gasteiger charge is -1.99. The third-order valence-electron chi connectivity index (χ3n) is 2.43. The number of nitrogens with zero attached hydrogens (tertiary/aromatic N) is 1. The molecule has 0 unspecified atom stereocenters. The Kier molecular flexibility index (Phi) is 2.76. The lowest BCUT2D eigenvalue weighted by atomic mass is 10.1. The van der Waals surface area contributed by atoms with Crippen LogP contribution in [-0.2, 0) is 11.2 Å². The van der Waals surface area contributed by atoms with Gasteiger partial charge in [0.2, 0.25) is 0 Å². The topological polar surface area (TPSA) is 75.2 Å². The summed E-state index contributed by atoms with van der Waals surface area (Å²) in [6.45, 7) is 0. The molecule has 2 aromatic rings. The van der Waals surface area contributed by atoms with E-state index in [1.54, 1.807) is 7.11 Å². The molecule has 0 aliphatic rings. The van der Waals surface area contributed by atoms with Gasteiger partial charge in [0.25, 0.3) is 0 Å². The Morgan fingerprint density at radius 2 is 2.38 bits per heavy atom. The molecule has 1 aromatic carbocycles. The normalized spacial score (nSPS) is 10.6. The second-order valence-electron chi connectivity index (χ2n) is 3.48. The molecule has 0 aliphatic carbocycles. The van der Waals surface area contributed by atoms with Crippen LogP contribution in [0.5, 0.6) is 5.75 Å². The van der Waals surface area contributed by atoms with Crippen LogP contribution >= 0.6 is 0 Å². The van der Waals surface area contributed by atoms with Crippen LogP contribution in [0.1, 0.15) is 12.1 Å². The number of carboxylic acids is 1. The van der Waals surface area contributed by atoms with E-state index in [4.69, 9.17) is 9.84 Å². The van der Waals surface area contributed by atoms with Crippen molar-refractivity contribution >= 4 is 16.9 Å². The molecule has 0 fully saturated rings.